The van der Waals surface area contributed by atoms with Crippen molar-refractivity contribution in [1.82, 2.24) is 0 Å². The number of aliphatic hydroxyl groups is 1. The Bertz CT molecular complexity index is 706. The van der Waals surface area contributed by atoms with E-state index in [0.717, 1.165) is 18.4 Å². The average molecular weight is 340 g/mol. The van der Waals surface area contributed by atoms with Crippen LogP contribution >= 0.6 is 0 Å². The Balaban J connectivity index is 1.71. The molecule has 3 aliphatic rings. The zero-order valence-corrected chi connectivity index (χ0v) is 14.3. The summed E-state index contributed by atoms with van der Waals surface area (Å²) in [7, 11) is 0. The van der Waals surface area contributed by atoms with Crippen LogP contribution in [-0.4, -0.2) is 28.9 Å². The lowest BCUT2D eigenvalue weighted by Gasteiger charge is -2.29. The molecular formula is C21H24O4. The molecule has 25 heavy (non-hydrogen) atoms. The molecule has 4 atom stereocenters. The highest BCUT2D eigenvalue weighted by Crippen LogP contribution is 2.46. The zero-order valence-electron chi connectivity index (χ0n) is 14.3. The van der Waals surface area contributed by atoms with E-state index < -0.39 is 0 Å². The van der Waals surface area contributed by atoms with Gasteiger partial charge >= 0.3 is 0 Å². The van der Waals surface area contributed by atoms with Crippen LogP contribution in [0.5, 0.6) is 0 Å². The molecular weight excluding hydrogens is 316 g/mol. The molecule has 1 N–H and O–H groups in total. The van der Waals surface area contributed by atoms with Gasteiger partial charge < -0.3 is 9.84 Å². The van der Waals surface area contributed by atoms with E-state index in [1.165, 1.54) is 0 Å². The fraction of sp³-hybridized carbons (Fsp3) is 0.524. The maximum Gasteiger partial charge on any atom is 0.162 e. The molecule has 1 aromatic rings. The van der Waals surface area contributed by atoms with Gasteiger partial charge in [0.1, 0.15) is 5.78 Å². The minimum Gasteiger partial charge on any atom is -0.512 e. The second-order valence-corrected chi connectivity index (χ2v) is 7.45. The van der Waals surface area contributed by atoms with Crippen LogP contribution in [0.4, 0.5) is 0 Å². The summed E-state index contributed by atoms with van der Waals surface area (Å²) in [5, 5.41) is 10.5. The Morgan fingerprint density at radius 1 is 1.00 bits per heavy atom. The first-order valence-electron chi connectivity index (χ1n) is 9.32. The number of allylic oxidation sites excluding steroid dienone is 1. The third-order valence-corrected chi connectivity index (χ3v) is 5.86. The number of ketones is 2. The second-order valence-electron chi connectivity index (χ2n) is 7.45. The third kappa shape index (κ3) is 3.04. The SMILES string of the molecule is O=C1CCCC(O)=C1C1C(Cc2ccccc2)OC2CCCC(=O)C21. The van der Waals surface area contributed by atoms with Crippen molar-refractivity contribution in [3.05, 3.63) is 47.2 Å². The van der Waals surface area contributed by atoms with E-state index in [9.17, 15) is 14.7 Å². The Hall–Kier alpha value is -1.94. The first-order chi connectivity index (χ1) is 12.1. The highest BCUT2D eigenvalue weighted by Gasteiger charge is 2.52. The maximum atomic E-state index is 12.6. The lowest BCUT2D eigenvalue weighted by molar-refractivity contribution is -0.127. The van der Waals surface area contributed by atoms with E-state index in [1.807, 2.05) is 30.3 Å². The number of hydrogen-bond donors (Lipinski definition) is 1. The first kappa shape index (κ1) is 16.5. The van der Waals surface area contributed by atoms with Crippen LogP contribution in [0.3, 0.4) is 0 Å². The van der Waals surface area contributed by atoms with Gasteiger partial charge in [0.2, 0.25) is 0 Å². The number of benzene rings is 1. The summed E-state index contributed by atoms with van der Waals surface area (Å²) in [4.78, 5) is 25.2. The van der Waals surface area contributed by atoms with Crippen molar-refractivity contribution in [3.63, 3.8) is 0 Å². The summed E-state index contributed by atoms with van der Waals surface area (Å²) in [5.74, 6) is -0.209. The average Bonchev–Trinajstić information content (AvgIpc) is 2.95. The fourth-order valence-electron chi connectivity index (χ4n) is 4.77. The third-order valence-electron chi connectivity index (χ3n) is 5.86. The minimum absolute atomic E-state index is 0.00515. The number of carbonyl (C=O) groups excluding carboxylic acids is 2. The molecule has 1 aromatic carbocycles. The van der Waals surface area contributed by atoms with E-state index in [0.29, 0.717) is 37.7 Å². The van der Waals surface area contributed by atoms with Crippen LogP contribution in [0, 0.1) is 11.8 Å². The van der Waals surface area contributed by atoms with Crippen molar-refractivity contribution in [1.29, 1.82) is 0 Å². The summed E-state index contributed by atoms with van der Waals surface area (Å²) in [6.45, 7) is 0. The fourth-order valence-corrected chi connectivity index (χ4v) is 4.77. The van der Waals surface area contributed by atoms with Crippen LogP contribution in [0.1, 0.15) is 44.1 Å². The summed E-state index contributed by atoms with van der Waals surface area (Å²) in [6, 6.07) is 10.0. The van der Waals surface area contributed by atoms with Gasteiger partial charge in [-0.15, -0.1) is 0 Å². The smallest absolute Gasteiger partial charge is 0.162 e. The van der Waals surface area contributed by atoms with E-state index in [2.05, 4.69) is 0 Å². The van der Waals surface area contributed by atoms with Crippen LogP contribution in [0.2, 0.25) is 0 Å². The number of ether oxygens (including phenoxy) is 1. The molecule has 4 rings (SSSR count). The first-order valence-corrected chi connectivity index (χ1v) is 9.32. The Morgan fingerprint density at radius 3 is 2.56 bits per heavy atom. The van der Waals surface area contributed by atoms with Gasteiger partial charge in [-0.3, -0.25) is 9.59 Å². The number of aliphatic hydroxyl groups excluding tert-OH is 1. The predicted octanol–water partition coefficient (Wildman–Crippen LogP) is 3.55. The van der Waals surface area contributed by atoms with Gasteiger partial charge in [0.25, 0.3) is 0 Å². The molecule has 0 bridgehead atoms. The van der Waals surface area contributed by atoms with E-state index in [4.69, 9.17) is 4.74 Å². The number of Topliss-reactive ketones (excluding diaryl/α,β-unsaturated/α-hetero) is 2. The summed E-state index contributed by atoms with van der Waals surface area (Å²) in [6.07, 6.45) is 4.27. The van der Waals surface area contributed by atoms with E-state index >= 15 is 0 Å². The lowest BCUT2D eigenvalue weighted by Crippen LogP contribution is -2.37. The van der Waals surface area contributed by atoms with Gasteiger partial charge in [-0.25, -0.2) is 0 Å². The Morgan fingerprint density at radius 2 is 1.80 bits per heavy atom. The van der Waals surface area contributed by atoms with Crippen LogP contribution in [0.25, 0.3) is 0 Å². The van der Waals surface area contributed by atoms with Gasteiger partial charge in [0.15, 0.2) is 5.78 Å². The molecule has 1 saturated heterocycles. The quantitative estimate of drug-likeness (QED) is 0.914. The molecule has 1 saturated carbocycles. The molecule has 4 heteroatoms. The molecule has 4 unspecified atom stereocenters. The Kier molecular flexibility index (Phi) is 4.46. The van der Waals surface area contributed by atoms with Gasteiger partial charge in [0.05, 0.1) is 23.9 Å². The van der Waals surface area contributed by atoms with Crippen molar-refractivity contribution in [2.75, 3.05) is 0 Å². The number of hydrogen-bond acceptors (Lipinski definition) is 4. The second kappa shape index (κ2) is 6.75. The molecule has 0 spiro atoms. The number of fused-ring (bicyclic) bond motifs is 1. The van der Waals surface area contributed by atoms with Crippen molar-refractivity contribution in [2.24, 2.45) is 11.8 Å². The highest BCUT2D eigenvalue weighted by molar-refractivity contribution is 5.98. The van der Waals surface area contributed by atoms with Gasteiger partial charge in [-0.2, -0.15) is 0 Å². The van der Waals surface area contributed by atoms with Crippen LogP contribution in [-0.2, 0) is 20.7 Å². The zero-order chi connectivity index (χ0) is 17.4. The van der Waals surface area contributed by atoms with E-state index in [-0.39, 0.29) is 41.4 Å². The largest absolute Gasteiger partial charge is 0.512 e. The summed E-state index contributed by atoms with van der Waals surface area (Å²) >= 11 is 0. The van der Waals surface area contributed by atoms with Crippen LogP contribution in [0.15, 0.2) is 41.7 Å². The van der Waals surface area contributed by atoms with Crippen molar-refractivity contribution < 1.29 is 19.4 Å². The minimum atomic E-state index is -0.300. The molecule has 132 valence electrons. The van der Waals surface area contributed by atoms with Crippen molar-refractivity contribution in [3.8, 4) is 0 Å². The normalized spacial score (nSPS) is 32.8. The molecule has 0 aromatic heterocycles. The Labute approximate surface area is 147 Å². The lowest BCUT2D eigenvalue weighted by atomic mass is 9.70. The topological polar surface area (TPSA) is 63.6 Å². The molecule has 2 fully saturated rings. The molecule has 0 amide bonds. The van der Waals surface area contributed by atoms with Gasteiger partial charge in [0, 0.05) is 30.8 Å². The molecule has 1 heterocycles. The standard InChI is InChI=1S/C21H24O4/c22-14-8-4-9-15(23)19(14)21-18(12-13-6-2-1-3-7-13)25-17-11-5-10-16(24)20(17)21/h1-3,6-7,17-18,20-22H,4-5,8-12H2. The highest BCUT2D eigenvalue weighted by atomic mass is 16.5. The monoisotopic (exact) mass is 340 g/mol. The molecule has 4 nitrogen and oxygen atoms in total. The van der Waals surface area contributed by atoms with Crippen LogP contribution < -0.4 is 0 Å². The van der Waals surface area contributed by atoms with Crippen molar-refractivity contribution >= 4 is 11.6 Å². The number of rotatable bonds is 3. The predicted molar refractivity (Wildman–Crippen MR) is 93.2 cm³/mol. The molecule has 0 radical (unpaired) electrons. The van der Waals surface area contributed by atoms with Gasteiger partial charge in [-0.05, 0) is 31.2 Å². The summed E-state index contributed by atoms with van der Waals surface area (Å²) in [5.41, 5.74) is 1.61. The molecule has 2 aliphatic carbocycles. The maximum absolute atomic E-state index is 12.6. The van der Waals surface area contributed by atoms with E-state index in [1.54, 1.807) is 0 Å². The number of carbonyl (C=O) groups is 2. The van der Waals surface area contributed by atoms with Gasteiger partial charge in [-0.1, -0.05) is 30.3 Å². The summed E-state index contributed by atoms with van der Waals surface area (Å²) < 4.78 is 6.28. The molecule has 1 aliphatic heterocycles. The van der Waals surface area contributed by atoms with Crippen molar-refractivity contribution in [2.45, 2.75) is 57.2 Å².